The van der Waals surface area contributed by atoms with E-state index in [2.05, 4.69) is 10.4 Å². The highest BCUT2D eigenvalue weighted by molar-refractivity contribution is 7.91. The quantitative estimate of drug-likeness (QED) is 0.796. The van der Waals surface area contributed by atoms with Gasteiger partial charge < -0.3 is 11.1 Å². The Morgan fingerprint density at radius 1 is 1.53 bits per heavy atom. The fraction of sp³-hybridized carbons (Fsp3) is 0.700. The molecule has 17 heavy (non-hydrogen) atoms. The van der Waals surface area contributed by atoms with Gasteiger partial charge in [-0.25, -0.2) is 8.42 Å². The molecule has 0 saturated carbocycles. The third kappa shape index (κ3) is 2.24. The van der Waals surface area contributed by atoms with Gasteiger partial charge in [-0.2, -0.15) is 5.10 Å². The highest BCUT2D eigenvalue weighted by Crippen LogP contribution is 2.30. The molecule has 7 heteroatoms. The Balaban J connectivity index is 2.27. The van der Waals surface area contributed by atoms with Crippen LogP contribution in [-0.4, -0.2) is 35.2 Å². The minimum atomic E-state index is -2.93. The first-order chi connectivity index (χ1) is 7.72. The maximum absolute atomic E-state index is 11.5. The summed E-state index contributed by atoms with van der Waals surface area (Å²) in [6.45, 7) is 3.73. The number of rotatable bonds is 2. The number of nitrogen functional groups attached to an aromatic ring is 1. The molecule has 1 unspecified atom stereocenters. The molecule has 2 heterocycles. The summed E-state index contributed by atoms with van der Waals surface area (Å²) in [6.07, 6.45) is 0.596. The first kappa shape index (κ1) is 12.2. The Labute approximate surface area is 101 Å². The van der Waals surface area contributed by atoms with Crippen LogP contribution in [0, 0.1) is 6.92 Å². The smallest absolute Gasteiger partial charge is 0.152 e. The summed E-state index contributed by atoms with van der Waals surface area (Å²) >= 11 is 0. The number of hydrogen-bond donors (Lipinski definition) is 2. The van der Waals surface area contributed by atoms with Gasteiger partial charge in [-0.1, -0.05) is 0 Å². The van der Waals surface area contributed by atoms with Gasteiger partial charge in [0, 0.05) is 7.05 Å². The molecular formula is C10H18N4O2S. The molecule has 0 bridgehead atoms. The van der Waals surface area contributed by atoms with Crippen LogP contribution in [-0.2, 0) is 16.9 Å². The van der Waals surface area contributed by atoms with Crippen LogP contribution >= 0.6 is 0 Å². The lowest BCUT2D eigenvalue weighted by Gasteiger charge is -2.25. The number of sulfone groups is 1. The average molecular weight is 258 g/mol. The van der Waals surface area contributed by atoms with E-state index in [-0.39, 0.29) is 11.5 Å². The van der Waals surface area contributed by atoms with Gasteiger partial charge in [-0.15, -0.1) is 0 Å². The fourth-order valence-corrected chi connectivity index (χ4v) is 4.31. The Hall–Kier alpha value is -1.24. The monoisotopic (exact) mass is 258 g/mol. The van der Waals surface area contributed by atoms with Crippen LogP contribution in [0.4, 0.5) is 11.5 Å². The van der Waals surface area contributed by atoms with E-state index < -0.39 is 15.4 Å². The van der Waals surface area contributed by atoms with Gasteiger partial charge in [-0.3, -0.25) is 4.68 Å². The SMILES string of the molecule is Cc1nn(C)c(NC2(C)CCS(=O)(=O)C2)c1N. The standard InChI is InChI=1S/C10H18N4O2S/c1-7-8(11)9(14(3)13-7)12-10(2)4-5-17(15,16)6-10/h12H,4-6,11H2,1-3H3. The molecule has 0 radical (unpaired) electrons. The minimum absolute atomic E-state index is 0.143. The number of nitrogens with zero attached hydrogens (tertiary/aromatic N) is 2. The molecular weight excluding hydrogens is 240 g/mol. The second-order valence-corrected chi connectivity index (χ2v) is 7.18. The lowest BCUT2D eigenvalue weighted by Crippen LogP contribution is -2.36. The molecule has 1 saturated heterocycles. The Kier molecular flexibility index (Phi) is 2.61. The van der Waals surface area contributed by atoms with Gasteiger partial charge in [-0.05, 0) is 20.3 Å². The van der Waals surface area contributed by atoms with E-state index >= 15 is 0 Å². The highest BCUT2D eigenvalue weighted by Gasteiger charge is 2.39. The van der Waals surface area contributed by atoms with Crippen LogP contribution in [0.5, 0.6) is 0 Å². The second kappa shape index (κ2) is 3.63. The van der Waals surface area contributed by atoms with Gasteiger partial charge in [0.2, 0.25) is 0 Å². The van der Waals surface area contributed by atoms with Crippen molar-refractivity contribution in [2.75, 3.05) is 22.6 Å². The van der Waals surface area contributed by atoms with Crippen LogP contribution in [0.25, 0.3) is 0 Å². The fourth-order valence-electron chi connectivity index (χ4n) is 2.22. The van der Waals surface area contributed by atoms with E-state index in [0.717, 1.165) is 5.69 Å². The first-order valence-corrected chi connectivity index (χ1v) is 7.32. The van der Waals surface area contributed by atoms with Gasteiger partial charge in [0.1, 0.15) is 5.82 Å². The maximum Gasteiger partial charge on any atom is 0.152 e. The van der Waals surface area contributed by atoms with Crippen LogP contribution in [0.2, 0.25) is 0 Å². The van der Waals surface area contributed by atoms with Gasteiger partial charge >= 0.3 is 0 Å². The largest absolute Gasteiger partial charge is 0.394 e. The normalized spacial score (nSPS) is 27.2. The average Bonchev–Trinajstić information content (AvgIpc) is 2.59. The molecule has 6 nitrogen and oxygen atoms in total. The van der Waals surface area contributed by atoms with E-state index in [9.17, 15) is 8.42 Å². The lowest BCUT2D eigenvalue weighted by molar-refractivity contribution is 0.565. The van der Waals surface area contributed by atoms with E-state index in [0.29, 0.717) is 17.9 Å². The Bertz CT molecular complexity index is 549. The predicted octanol–water partition coefficient (Wildman–Crippen LogP) is 0.300. The van der Waals surface area contributed by atoms with Crippen LogP contribution in [0.3, 0.4) is 0 Å². The summed E-state index contributed by atoms with van der Waals surface area (Å²) in [6, 6.07) is 0. The zero-order valence-electron chi connectivity index (χ0n) is 10.3. The molecule has 0 spiro atoms. The molecule has 0 amide bonds. The van der Waals surface area contributed by atoms with E-state index in [1.165, 1.54) is 0 Å². The number of anilines is 2. The third-order valence-electron chi connectivity index (χ3n) is 3.19. The molecule has 96 valence electrons. The summed E-state index contributed by atoms with van der Waals surface area (Å²) < 4.78 is 24.7. The molecule has 1 atom stereocenters. The predicted molar refractivity (Wildman–Crippen MR) is 67.7 cm³/mol. The van der Waals surface area contributed by atoms with Crippen molar-refractivity contribution in [1.29, 1.82) is 0 Å². The highest BCUT2D eigenvalue weighted by atomic mass is 32.2. The molecule has 3 N–H and O–H groups in total. The molecule has 1 aliphatic heterocycles. The van der Waals surface area contributed by atoms with E-state index in [1.807, 2.05) is 13.8 Å². The summed E-state index contributed by atoms with van der Waals surface area (Å²) in [5, 5.41) is 7.43. The molecule has 1 fully saturated rings. The summed E-state index contributed by atoms with van der Waals surface area (Å²) in [5.41, 5.74) is 6.79. The third-order valence-corrected chi connectivity index (χ3v) is 5.10. The van der Waals surface area contributed by atoms with Crippen molar-refractivity contribution in [3.63, 3.8) is 0 Å². The summed E-state index contributed by atoms with van der Waals surface area (Å²) in [4.78, 5) is 0. The van der Waals surface area contributed by atoms with Crippen molar-refractivity contribution in [1.82, 2.24) is 9.78 Å². The molecule has 0 aliphatic carbocycles. The molecule has 0 aromatic carbocycles. The van der Waals surface area contributed by atoms with Crippen molar-refractivity contribution in [2.24, 2.45) is 7.05 Å². The number of nitrogens with one attached hydrogen (secondary N) is 1. The molecule has 1 aliphatic rings. The Morgan fingerprint density at radius 3 is 2.59 bits per heavy atom. The van der Waals surface area contributed by atoms with Crippen molar-refractivity contribution >= 4 is 21.3 Å². The number of aromatic nitrogens is 2. The van der Waals surface area contributed by atoms with Gasteiger partial charge in [0.05, 0.1) is 28.4 Å². The zero-order chi connectivity index (χ0) is 12.8. The lowest BCUT2D eigenvalue weighted by atomic mass is 10.0. The van der Waals surface area contributed by atoms with Crippen LogP contribution < -0.4 is 11.1 Å². The van der Waals surface area contributed by atoms with Crippen molar-refractivity contribution in [3.05, 3.63) is 5.69 Å². The van der Waals surface area contributed by atoms with Gasteiger partial charge in [0.15, 0.2) is 9.84 Å². The first-order valence-electron chi connectivity index (χ1n) is 5.50. The molecule has 1 aromatic rings. The molecule has 1 aromatic heterocycles. The topological polar surface area (TPSA) is 90.0 Å². The Morgan fingerprint density at radius 2 is 2.18 bits per heavy atom. The van der Waals surface area contributed by atoms with Crippen molar-refractivity contribution in [2.45, 2.75) is 25.8 Å². The summed E-state index contributed by atoms with van der Waals surface area (Å²) in [5.74, 6) is 1.07. The maximum atomic E-state index is 11.5. The minimum Gasteiger partial charge on any atom is -0.394 e. The zero-order valence-corrected chi connectivity index (χ0v) is 11.1. The van der Waals surface area contributed by atoms with E-state index in [4.69, 9.17) is 5.73 Å². The van der Waals surface area contributed by atoms with Crippen molar-refractivity contribution in [3.8, 4) is 0 Å². The van der Waals surface area contributed by atoms with Crippen molar-refractivity contribution < 1.29 is 8.42 Å². The number of nitrogens with two attached hydrogens (primary N) is 1. The number of aryl methyl sites for hydroxylation is 2. The van der Waals surface area contributed by atoms with E-state index in [1.54, 1.807) is 11.7 Å². The second-order valence-electron chi connectivity index (χ2n) is 5.00. The van der Waals surface area contributed by atoms with Crippen LogP contribution in [0.15, 0.2) is 0 Å². The van der Waals surface area contributed by atoms with Crippen LogP contribution in [0.1, 0.15) is 19.0 Å². The molecule has 2 rings (SSSR count). The number of hydrogen-bond acceptors (Lipinski definition) is 5. The van der Waals surface area contributed by atoms with Gasteiger partial charge in [0.25, 0.3) is 0 Å². The summed E-state index contributed by atoms with van der Waals surface area (Å²) in [7, 11) is -1.14.